The summed E-state index contributed by atoms with van der Waals surface area (Å²) in [6, 6.07) is 2.53. The standard InChI is InChI=1S/C12H5F5O3S/c13-6-7(14)9(16)11(10(17)8(6)15)20-3-4-1-2-5(21-4)12(18)19/h1-2H,3H2,(H,18,19). The quantitative estimate of drug-likeness (QED) is 0.530. The molecule has 9 heteroatoms. The van der Waals surface area contributed by atoms with Crippen LogP contribution in [0.3, 0.4) is 0 Å². The summed E-state index contributed by atoms with van der Waals surface area (Å²) in [5, 5.41) is 8.68. The number of benzene rings is 1. The Hall–Kier alpha value is -2.16. The zero-order chi connectivity index (χ0) is 15.7. The van der Waals surface area contributed by atoms with E-state index < -0.39 is 47.4 Å². The zero-order valence-electron chi connectivity index (χ0n) is 9.92. The molecule has 1 aromatic carbocycles. The fourth-order valence-corrected chi connectivity index (χ4v) is 2.19. The SMILES string of the molecule is O=C(O)c1ccc(COc2c(F)c(F)c(F)c(F)c2F)s1. The van der Waals surface area contributed by atoms with Crippen molar-refractivity contribution in [2.24, 2.45) is 0 Å². The molecule has 0 aliphatic rings. The number of carboxylic acids is 1. The minimum Gasteiger partial charge on any atom is -0.482 e. The second-order valence-corrected chi connectivity index (χ2v) is 4.93. The van der Waals surface area contributed by atoms with E-state index in [2.05, 4.69) is 4.74 Å². The Bertz CT molecular complexity index is 684. The molecular formula is C12H5F5O3S. The van der Waals surface area contributed by atoms with E-state index in [0.29, 0.717) is 0 Å². The lowest BCUT2D eigenvalue weighted by atomic mass is 10.2. The monoisotopic (exact) mass is 324 g/mol. The summed E-state index contributed by atoms with van der Waals surface area (Å²) in [4.78, 5) is 10.8. The van der Waals surface area contributed by atoms with Crippen LogP contribution in [-0.4, -0.2) is 11.1 Å². The van der Waals surface area contributed by atoms with Gasteiger partial charge in [-0.3, -0.25) is 0 Å². The van der Waals surface area contributed by atoms with Gasteiger partial charge in [-0.1, -0.05) is 0 Å². The Morgan fingerprint density at radius 2 is 1.52 bits per heavy atom. The average molecular weight is 324 g/mol. The van der Waals surface area contributed by atoms with Gasteiger partial charge in [0.25, 0.3) is 0 Å². The number of ether oxygens (including phenoxy) is 1. The number of thiophene rings is 1. The number of aromatic carboxylic acids is 1. The van der Waals surface area contributed by atoms with Crippen LogP contribution < -0.4 is 4.74 Å². The summed E-state index contributed by atoms with van der Waals surface area (Å²) in [6.45, 7) is -0.531. The molecule has 0 saturated carbocycles. The van der Waals surface area contributed by atoms with Gasteiger partial charge in [-0.15, -0.1) is 11.3 Å². The second kappa shape index (κ2) is 5.68. The van der Waals surface area contributed by atoms with E-state index >= 15 is 0 Å². The summed E-state index contributed by atoms with van der Waals surface area (Å²) in [5.74, 6) is -13.3. The molecule has 0 bridgehead atoms. The van der Waals surface area contributed by atoms with Gasteiger partial charge >= 0.3 is 5.97 Å². The van der Waals surface area contributed by atoms with Gasteiger partial charge in [-0.2, -0.15) is 8.78 Å². The van der Waals surface area contributed by atoms with E-state index in [9.17, 15) is 26.7 Å². The van der Waals surface area contributed by atoms with Crippen molar-refractivity contribution in [2.75, 3.05) is 0 Å². The molecule has 21 heavy (non-hydrogen) atoms. The first-order valence-electron chi connectivity index (χ1n) is 5.29. The highest BCUT2D eigenvalue weighted by molar-refractivity contribution is 7.13. The minimum absolute atomic E-state index is 0.0500. The van der Waals surface area contributed by atoms with Crippen LogP contribution in [0.5, 0.6) is 5.75 Å². The lowest BCUT2D eigenvalue weighted by molar-refractivity contribution is 0.0702. The molecule has 0 aliphatic carbocycles. The number of carboxylic acid groups (broad SMARTS) is 1. The predicted molar refractivity (Wildman–Crippen MR) is 61.8 cm³/mol. The van der Waals surface area contributed by atoms with Crippen molar-refractivity contribution >= 4 is 17.3 Å². The number of hydrogen-bond acceptors (Lipinski definition) is 3. The lowest BCUT2D eigenvalue weighted by Gasteiger charge is -2.09. The van der Waals surface area contributed by atoms with Gasteiger partial charge in [0.15, 0.2) is 5.75 Å². The molecule has 0 saturated heterocycles. The molecule has 3 nitrogen and oxygen atoms in total. The summed E-state index contributed by atoms with van der Waals surface area (Å²) in [5.41, 5.74) is 0. The van der Waals surface area contributed by atoms with Crippen LogP contribution in [0.2, 0.25) is 0 Å². The lowest BCUT2D eigenvalue weighted by Crippen LogP contribution is -2.06. The summed E-state index contributed by atoms with van der Waals surface area (Å²) in [7, 11) is 0. The molecular weight excluding hydrogens is 319 g/mol. The van der Waals surface area contributed by atoms with Gasteiger partial charge in [-0.25, -0.2) is 18.0 Å². The van der Waals surface area contributed by atoms with Gasteiger partial charge in [0, 0.05) is 4.88 Å². The largest absolute Gasteiger partial charge is 0.482 e. The Balaban J connectivity index is 2.26. The number of halogens is 5. The number of rotatable bonds is 4. The number of carbonyl (C=O) groups is 1. The van der Waals surface area contributed by atoms with Crippen molar-refractivity contribution in [3.05, 3.63) is 51.0 Å². The molecule has 0 aliphatic heterocycles. The van der Waals surface area contributed by atoms with E-state index in [4.69, 9.17) is 5.11 Å². The Kier molecular flexibility index (Phi) is 4.12. The van der Waals surface area contributed by atoms with Crippen LogP contribution in [0.15, 0.2) is 12.1 Å². The van der Waals surface area contributed by atoms with Gasteiger partial charge in [0.2, 0.25) is 29.1 Å². The molecule has 0 atom stereocenters. The van der Waals surface area contributed by atoms with Crippen molar-refractivity contribution in [3.8, 4) is 5.75 Å². The van der Waals surface area contributed by atoms with Gasteiger partial charge in [0.05, 0.1) is 0 Å². The molecule has 1 aromatic heterocycles. The maximum absolute atomic E-state index is 13.3. The molecule has 2 rings (SSSR count). The fraction of sp³-hybridized carbons (Fsp3) is 0.0833. The van der Waals surface area contributed by atoms with Gasteiger partial charge in [-0.05, 0) is 12.1 Å². The first kappa shape index (κ1) is 15.2. The summed E-state index contributed by atoms with van der Waals surface area (Å²) in [6.07, 6.45) is 0. The topological polar surface area (TPSA) is 46.5 Å². The van der Waals surface area contributed by atoms with Crippen LogP contribution in [0.4, 0.5) is 22.0 Å². The van der Waals surface area contributed by atoms with Gasteiger partial charge < -0.3 is 9.84 Å². The Labute approximate surface area is 118 Å². The molecule has 1 heterocycles. The minimum atomic E-state index is -2.28. The third-order valence-electron chi connectivity index (χ3n) is 2.40. The highest BCUT2D eigenvalue weighted by Crippen LogP contribution is 2.30. The normalized spacial score (nSPS) is 10.7. The highest BCUT2D eigenvalue weighted by Gasteiger charge is 2.27. The van der Waals surface area contributed by atoms with E-state index in [1.165, 1.54) is 12.1 Å². The molecule has 0 unspecified atom stereocenters. The molecule has 1 N–H and O–H groups in total. The van der Waals surface area contributed by atoms with Crippen LogP contribution in [0, 0.1) is 29.1 Å². The molecule has 0 fully saturated rings. The van der Waals surface area contributed by atoms with Crippen LogP contribution >= 0.6 is 11.3 Å². The Morgan fingerprint density at radius 1 is 1.00 bits per heavy atom. The predicted octanol–water partition coefficient (Wildman–Crippen LogP) is 3.72. The molecule has 2 aromatic rings. The molecule has 0 spiro atoms. The smallest absolute Gasteiger partial charge is 0.345 e. The van der Waals surface area contributed by atoms with E-state index in [1.807, 2.05) is 0 Å². The van der Waals surface area contributed by atoms with Crippen molar-refractivity contribution in [3.63, 3.8) is 0 Å². The third kappa shape index (κ3) is 2.82. The van der Waals surface area contributed by atoms with Gasteiger partial charge in [0.1, 0.15) is 11.5 Å². The van der Waals surface area contributed by atoms with E-state index in [0.717, 1.165) is 11.3 Å². The molecule has 112 valence electrons. The first-order valence-corrected chi connectivity index (χ1v) is 6.10. The van der Waals surface area contributed by atoms with E-state index in [1.54, 1.807) is 0 Å². The molecule has 0 amide bonds. The van der Waals surface area contributed by atoms with E-state index in [-0.39, 0.29) is 9.75 Å². The second-order valence-electron chi connectivity index (χ2n) is 3.76. The summed E-state index contributed by atoms with van der Waals surface area (Å²) >= 11 is 0.752. The first-order chi connectivity index (χ1) is 9.82. The van der Waals surface area contributed by atoms with Crippen molar-refractivity contribution in [1.29, 1.82) is 0 Å². The van der Waals surface area contributed by atoms with Crippen molar-refractivity contribution < 1.29 is 36.6 Å². The molecule has 0 radical (unpaired) electrons. The maximum Gasteiger partial charge on any atom is 0.345 e. The van der Waals surface area contributed by atoms with Crippen LogP contribution in [-0.2, 0) is 6.61 Å². The van der Waals surface area contributed by atoms with Crippen molar-refractivity contribution in [1.82, 2.24) is 0 Å². The van der Waals surface area contributed by atoms with Crippen molar-refractivity contribution in [2.45, 2.75) is 6.61 Å². The number of hydrogen-bond donors (Lipinski definition) is 1. The fourth-order valence-electron chi connectivity index (χ4n) is 1.43. The highest BCUT2D eigenvalue weighted by atomic mass is 32.1. The van der Waals surface area contributed by atoms with Crippen LogP contribution in [0.1, 0.15) is 14.5 Å². The summed E-state index contributed by atoms with van der Waals surface area (Å²) < 4.78 is 69.8. The maximum atomic E-state index is 13.3. The average Bonchev–Trinajstić information content (AvgIpc) is 2.92. The third-order valence-corrected chi connectivity index (χ3v) is 3.45. The van der Waals surface area contributed by atoms with Crippen LogP contribution in [0.25, 0.3) is 0 Å². The zero-order valence-corrected chi connectivity index (χ0v) is 10.7. The Morgan fingerprint density at radius 3 is 2.00 bits per heavy atom.